The largest absolute Gasteiger partial charge is 0.466 e. The van der Waals surface area contributed by atoms with Gasteiger partial charge in [-0.2, -0.15) is 13.2 Å². The van der Waals surface area contributed by atoms with Crippen molar-refractivity contribution in [2.75, 3.05) is 10.9 Å². The van der Waals surface area contributed by atoms with E-state index in [0.717, 1.165) is 4.31 Å². The van der Waals surface area contributed by atoms with E-state index >= 15 is 0 Å². The normalized spacial score (nSPS) is 12.7. The lowest BCUT2D eigenvalue weighted by molar-refractivity contribution is -0.145. The van der Waals surface area contributed by atoms with Crippen LogP contribution in [0, 0.1) is 0 Å². The van der Waals surface area contributed by atoms with Crippen molar-refractivity contribution < 1.29 is 31.1 Å². The Morgan fingerprint density at radius 2 is 1.72 bits per heavy atom. The standard InChI is InChI=1S/C25H24ClF3N2O4S/c1-3-21(24(32)35-4-2)18-10-12-20(13-11-18)36(33,34)31(16-17-8-6-5-7-9-17)23-22(26)14-19(15-30-23)25(27,28)29/h5-15,21H,3-4,16H2,1-2H3. The summed E-state index contributed by atoms with van der Waals surface area (Å²) in [7, 11) is -4.31. The van der Waals surface area contributed by atoms with E-state index in [4.69, 9.17) is 16.3 Å². The Kier molecular flexibility index (Phi) is 8.63. The molecule has 0 N–H and O–H groups in total. The lowest BCUT2D eigenvalue weighted by Crippen LogP contribution is -2.32. The summed E-state index contributed by atoms with van der Waals surface area (Å²) in [5.41, 5.74) is 0.0567. The van der Waals surface area contributed by atoms with Gasteiger partial charge in [0.2, 0.25) is 0 Å². The highest BCUT2D eigenvalue weighted by atomic mass is 35.5. The minimum atomic E-state index is -4.69. The molecule has 0 amide bonds. The first-order valence-electron chi connectivity index (χ1n) is 11.0. The van der Waals surface area contributed by atoms with Crippen molar-refractivity contribution in [3.8, 4) is 0 Å². The van der Waals surface area contributed by atoms with Gasteiger partial charge >= 0.3 is 12.1 Å². The Labute approximate surface area is 212 Å². The SMILES string of the molecule is CCOC(=O)C(CC)c1ccc(S(=O)(=O)N(Cc2ccccc2)c2ncc(C(F)(F)F)cc2Cl)cc1. The number of pyridine rings is 1. The molecule has 0 aliphatic rings. The maximum atomic E-state index is 13.7. The number of hydrogen-bond donors (Lipinski definition) is 0. The van der Waals surface area contributed by atoms with Gasteiger partial charge in [0.05, 0.1) is 34.6 Å². The first-order chi connectivity index (χ1) is 17.0. The average Bonchev–Trinajstić information content (AvgIpc) is 2.84. The highest BCUT2D eigenvalue weighted by Crippen LogP contribution is 2.36. The Morgan fingerprint density at radius 3 is 2.25 bits per heavy atom. The van der Waals surface area contributed by atoms with Gasteiger partial charge in [-0.15, -0.1) is 0 Å². The van der Waals surface area contributed by atoms with Gasteiger partial charge in [0.25, 0.3) is 10.0 Å². The molecule has 1 aromatic heterocycles. The fourth-order valence-electron chi connectivity index (χ4n) is 3.57. The van der Waals surface area contributed by atoms with E-state index in [1.165, 1.54) is 24.3 Å². The number of nitrogens with zero attached hydrogens (tertiary/aromatic N) is 2. The molecule has 0 aliphatic carbocycles. The monoisotopic (exact) mass is 540 g/mol. The van der Waals surface area contributed by atoms with Crippen molar-refractivity contribution in [2.45, 2.75) is 43.8 Å². The molecule has 0 fully saturated rings. The van der Waals surface area contributed by atoms with E-state index in [-0.39, 0.29) is 23.9 Å². The van der Waals surface area contributed by atoms with E-state index in [9.17, 15) is 26.4 Å². The van der Waals surface area contributed by atoms with Crippen molar-refractivity contribution in [3.05, 3.63) is 88.6 Å². The number of aromatic nitrogens is 1. The summed E-state index contributed by atoms with van der Waals surface area (Å²) in [4.78, 5) is 15.9. The molecule has 3 aromatic rings. The first kappa shape index (κ1) is 27.5. The fraction of sp³-hybridized carbons (Fsp3) is 0.280. The molecule has 0 spiro atoms. The maximum Gasteiger partial charge on any atom is 0.417 e. The molecule has 36 heavy (non-hydrogen) atoms. The second-order valence-corrected chi connectivity index (χ2v) is 10.1. The number of benzene rings is 2. The number of sulfonamides is 1. The van der Waals surface area contributed by atoms with E-state index in [1.807, 2.05) is 6.92 Å². The van der Waals surface area contributed by atoms with Gasteiger partial charge in [0, 0.05) is 6.20 Å². The van der Waals surface area contributed by atoms with Crippen LogP contribution in [0.1, 0.15) is 42.9 Å². The number of carbonyl (C=O) groups excluding carboxylic acids is 1. The van der Waals surface area contributed by atoms with Crippen LogP contribution in [0.25, 0.3) is 0 Å². The molecule has 11 heteroatoms. The molecule has 0 saturated carbocycles. The lowest BCUT2D eigenvalue weighted by Gasteiger charge is -2.25. The maximum absolute atomic E-state index is 13.7. The Bertz CT molecular complexity index is 1300. The van der Waals surface area contributed by atoms with Gasteiger partial charge in [0.15, 0.2) is 5.82 Å². The third-order valence-electron chi connectivity index (χ3n) is 5.40. The highest BCUT2D eigenvalue weighted by Gasteiger charge is 2.34. The van der Waals surface area contributed by atoms with E-state index in [0.29, 0.717) is 29.8 Å². The molecular formula is C25H24ClF3N2O4S. The number of anilines is 1. The van der Waals surface area contributed by atoms with Crippen LogP contribution in [0.2, 0.25) is 5.02 Å². The number of hydrogen-bond acceptors (Lipinski definition) is 5. The predicted octanol–water partition coefficient (Wildman–Crippen LogP) is 6.21. The Balaban J connectivity index is 2.05. The van der Waals surface area contributed by atoms with Gasteiger partial charge in [-0.25, -0.2) is 17.7 Å². The van der Waals surface area contributed by atoms with Crippen LogP contribution in [-0.2, 0) is 32.3 Å². The van der Waals surface area contributed by atoms with Crippen LogP contribution in [-0.4, -0.2) is 26.0 Å². The van der Waals surface area contributed by atoms with E-state index in [1.54, 1.807) is 37.3 Å². The van der Waals surface area contributed by atoms with Crippen LogP contribution < -0.4 is 4.31 Å². The van der Waals surface area contributed by atoms with Gasteiger partial charge in [0.1, 0.15) is 0 Å². The third kappa shape index (κ3) is 6.17. The van der Waals surface area contributed by atoms with Crippen molar-refractivity contribution in [1.29, 1.82) is 0 Å². The summed E-state index contributed by atoms with van der Waals surface area (Å²) >= 11 is 6.12. The zero-order valence-electron chi connectivity index (χ0n) is 19.5. The molecule has 0 radical (unpaired) electrons. The summed E-state index contributed by atoms with van der Waals surface area (Å²) in [6.07, 6.45) is -3.69. The quantitative estimate of drug-likeness (QED) is 0.302. The van der Waals surface area contributed by atoms with Gasteiger partial charge in [-0.05, 0) is 42.7 Å². The summed E-state index contributed by atoms with van der Waals surface area (Å²) < 4.78 is 72.7. The summed E-state index contributed by atoms with van der Waals surface area (Å²) in [5.74, 6) is -1.31. The molecule has 0 saturated heterocycles. The lowest BCUT2D eigenvalue weighted by atomic mass is 9.97. The minimum Gasteiger partial charge on any atom is -0.466 e. The number of alkyl halides is 3. The number of carbonyl (C=O) groups is 1. The smallest absolute Gasteiger partial charge is 0.417 e. The van der Waals surface area contributed by atoms with E-state index < -0.39 is 38.7 Å². The molecule has 0 bridgehead atoms. The van der Waals surface area contributed by atoms with Gasteiger partial charge in [-0.1, -0.05) is 61.0 Å². The topological polar surface area (TPSA) is 76.6 Å². The molecule has 1 heterocycles. The fourth-order valence-corrected chi connectivity index (χ4v) is 5.32. The number of esters is 1. The molecule has 0 aliphatic heterocycles. The number of rotatable bonds is 9. The summed E-state index contributed by atoms with van der Waals surface area (Å²) in [5, 5.41) is -0.464. The molecule has 192 valence electrons. The third-order valence-corrected chi connectivity index (χ3v) is 7.43. The summed E-state index contributed by atoms with van der Waals surface area (Å²) in [6, 6.07) is 14.9. The van der Waals surface area contributed by atoms with E-state index in [2.05, 4.69) is 4.98 Å². The highest BCUT2D eigenvalue weighted by molar-refractivity contribution is 7.92. The molecule has 3 rings (SSSR count). The zero-order chi connectivity index (χ0) is 26.5. The van der Waals surface area contributed by atoms with Crippen molar-refractivity contribution >= 4 is 33.4 Å². The predicted molar refractivity (Wildman–Crippen MR) is 130 cm³/mol. The van der Waals surface area contributed by atoms with Crippen molar-refractivity contribution in [3.63, 3.8) is 0 Å². The van der Waals surface area contributed by atoms with Crippen LogP contribution >= 0.6 is 11.6 Å². The van der Waals surface area contributed by atoms with Crippen LogP contribution in [0.5, 0.6) is 0 Å². The second-order valence-electron chi connectivity index (χ2n) is 7.81. The summed E-state index contributed by atoms with van der Waals surface area (Å²) in [6.45, 7) is 3.51. The minimum absolute atomic E-state index is 0.140. The molecular weight excluding hydrogens is 517 g/mol. The molecule has 1 unspecified atom stereocenters. The number of ether oxygens (including phenoxy) is 1. The van der Waals surface area contributed by atoms with Crippen LogP contribution in [0.4, 0.5) is 19.0 Å². The Hall–Kier alpha value is -3.11. The van der Waals surface area contributed by atoms with Gasteiger partial charge < -0.3 is 4.74 Å². The van der Waals surface area contributed by atoms with Crippen LogP contribution in [0.3, 0.4) is 0 Å². The van der Waals surface area contributed by atoms with Crippen molar-refractivity contribution in [1.82, 2.24) is 4.98 Å². The molecule has 6 nitrogen and oxygen atoms in total. The first-order valence-corrected chi connectivity index (χ1v) is 12.9. The molecule has 2 aromatic carbocycles. The average molecular weight is 541 g/mol. The van der Waals surface area contributed by atoms with Crippen molar-refractivity contribution in [2.24, 2.45) is 0 Å². The zero-order valence-corrected chi connectivity index (χ0v) is 21.1. The van der Waals surface area contributed by atoms with Gasteiger partial charge in [-0.3, -0.25) is 4.79 Å². The second kappa shape index (κ2) is 11.3. The Morgan fingerprint density at radius 1 is 1.08 bits per heavy atom. The number of halogens is 4. The van der Waals surface area contributed by atoms with Crippen LogP contribution in [0.15, 0.2) is 71.8 Å². The molecule has 1 atom stereocenters.